The van der Waals surface area contributed by atoms with Crippen molar-refractivity contribution in [3.05, 3.63) is 24.2 Å². The highest BCUT2D eigenvalue weighted by atomic mass is 16.5. The van der Waals surface area contributed by atoms with Crippen molar-refractivity contribution in [1.82, 2.24) is 4.90 Å². The monoisotopic (exact) mass is 375 g/mol. The number of rotatable bonds is 6. The quantitative estimate of drug-likeness (QED) is 0.740. The second-order valence-electron chi connectivity index (χ2n) is 9.58. The Hall–Kier alpha value is -0.840. The Morgan fingerprint density at radius 1 is 1.19 bits per heavy atom. The Balaban J connectivity index is 1.21. The summed E-state index contributed by atoms with van der Waals surface area (Å²) in [7, 11) is 0. The molecule has 1 aliphatic heterocycles. The molecule has 0 amide bonds. The van der Waals surface area contributed by atoms with Gasteiger partial charge in [-0.25, -0.2) is 0 Å². The summed E-state index contributed by atoms with van der Waals surface area (Å²) in [4.78, 5) is 2.53. The van der Waals surface area contributed by atoms with Crippen molar-refractivity contribution in [1.29, 1.82) is 0 Å². The van der Waals surface area contributed by atoms with Crippen molar-refractivity contribution in [2.24, 2.45) is 17.3 Å². The minimum absolute atomic E-state index is 0.433. The average molecular weight is 376 g/mol. The van der Waals surface area contributed by atoms with E-state index in [4.69, 9.17) is 9.15 Å². The molecule has 2 unspecified atom stereocenters. The third kappa shape index (κ3) is 4.28. The lowest BCUT2D eigenvalue weighted by atomic mass is 9.55. The molecule has 3 aliphatic rings. The number of furan rings is 1. The Morgan fingerprint density at radius 2 is 1.96 bits per heavy atom. The lowest BCUT2D eigenvalue weighted by Gasteiger charge is -2.51. The molecule has 0 aromatic carbocycles. The van der Waals surface area contributed by atoms with Crippen LogP contribution in [0, 0.1) is 17.3 Å². The van der Waals surface area contributed by atoms with Gasteiger partial charge in [-0.2, -0.15) is 0 Å². The fourth-order valence-electron chi connectivity index (χ4n) is 5.93. The van der Waals surface area contributed by atoms with Crippen molar-refractivity contribution >= 4 is 0 Å². The van der Waals surface area contributed by atoms with Crippen LogP contribution in [0.5, 0.6) is 0 Å². The minimum Gasteiger partial charge on any atom is -0.472 e. The Bertz CT molecular complexity index is 572. The van der Waals surface area contributed by atoms with Crippen LogP contribution in [0.4, 0.5) is 0 Å². The highest BCUT2D eigenvalue weighted by Crippen LogP contribution is 2.56. The molecule has 2 saturated carbocycles. The molecule has 152 valence electrons. The van der Waals surface area contributed by atoms with E-state index in [9.17, 15) is 5.11 Å². The van der Waals surface area contributed by atoms with Gasteiger partial charge >= 0.3 is 0 Å². The second-order valence-corrected chi connectivity index (χ2v) is 9.58. The van der Waals surface area contributed by atoms with E-state index in [1.165, 1.54) is 51.6 Å². The Morgan fingerprint density at radius 3 is 2.63 bits per heavy atom. The highest BCUT2D eigenvalue weighted by Gasteiger charge is 2.48. The van der Waals surface area contributed by atoms with Gasteiger partial charge in [0.2, 0.25) is 0 Å². The van der Waals surface area contributed by atoms with E-state index in [-0.39, 0.29) is 0 Å². The highest BCUT2D eigenvalue weighted by molar-refractivity contribution is 5.18. The van der Waals surface area contributed by atoms with E-state index in [0.717, 1.165) is 50.5 Å². The van der Waals surface area contributed by atoms with E-state index in [1.54, 1.807) is 12.5 Å². The summed E-state index contributed by atoms with van der Waals surface area (Å²) < 4.78 is 11.2. The van der Waals surface area contributed by atoms with Crippen LogP contribution in [0.15, 0.2) is 23.0 Å². The second kappa shape index (κ2) is 8.26. The zero-order valence-corrected chi connectivity index (χ0v) is 17.0. The molecule has 1 N–H and O–H groups in total. The molecular weight excluding hydrogens is 338 g/mol. The molecule has 4 nitrogen and oxygen atoms in total. The van der Waals surface area contributed by atoms with Gasteiger partial charge in [-0.05, 0) is 94.2 Å². The van der Waals surface area contributed by atoms with Gasteiger partial charge in [0.25, 0.3) is 0 Å². The van der Waals surface area contributed by atoms with E-state index < -0.39 is 5.60 Å². The van der Waals surface area contributed by atoms with Crippen LogP contribution < -0.4 is 0 Å². The number of aliphatic hydroxyl groups is 1. The van der Waals surface area contributed by atoms with Gasteiger partial charge in [-0.15, -0.1) is 0 Å². The predicted molar refractivity (Wildman–Crippen MR) is 107 cm³/mol. The van der Waals surface area contributed by atoms with Crippen LogP contribution >= 0.6 is 0 Å². The first kappa shape index (κ1) is 19.5. The summed E-state index contributed by atoms with van der Waals surface area (Å²) in [6.45, 7) is 7.83. The molecule has 0 radical (unpaired) electrons. The Kier molecular flexibility index (Phi) is 5.96. The van der Waals surface area contributed by atoms with E-state index in [1.807, 2.05) is 6.07 Å². The number of ether oxygens (including phenoxy) is 1. The van der Waals surface area contributed by atoms with Crippen LogP contribution in [-0.2, 0) is 10.3 Å². The molecule has 3 fully saturated rings. The van der Waals surface area contributed by atoms with Crippen LogP contribution in [0.2, 0.25) is 0 Å². The fourth-order valence-corrected chi connectivity index (χ4v) is 5.93. The van der Waals surface area contributed by atoms with E-state index >= 15 is 0 Å². The molecule has 2 atom stereocenters. The number of likely N-dealkylation sites (tertiary alicyclic amines) is 1. The third-order valence-electron chi connectivity index (χ3n) is 7.99. The van der Waals surface area contributed by atoms with Crippen molar-refractivity contribution in [2.45, 2.75) is 70.3 Å². The molecule has 4 rings (SSSR count). The first-order chi connectivity index (χ1) is 13.1. The molecule has 4 heteroatoms. The molecule has 1 saturated heterocycles. The zero-order chi connectivity index (χ0) is 18.7. The molecule has 27 heavy (non-hydrogen) atoms. The van der Waals surface area contributed by atoms with E-state index in [2.05, 4.69) is 11.8 Å². The lowest BCUT2D eigenvalue weighted by Crippen LogP contribution is -2.44. The molecule has 2 aliphatic carbocycles. The zero-order valence-electron chi connectivity index (χ0n) is 17.0. The summed E-state index contributed by atoms with van der Waals surface area (Å²) >= 11 is 0. The topological polar surface area (TPSA) is 45.8 Å². The lowest BCUT2D eigenvalue weighted by molar-refractivity contribution is -0.0891. The number of nitrogens with zero attached hydrogens (tertiary/aromatic N) is 1. The van der Waals surface area contributed by atoms with Crippen LogP contribution in [0.1, 0.15) is 70.3 Å². The summed E-state index contributed by atoms with van der Waals surface area (Å²) in [5.74, 6) is 1.29. The summed E-state index contributed by atoms with van der Waals surface area (Å²) in [6.07, 6.45) is 14.2. The molecule has 1 aromatic rings. The largest absolute Gasteiger partial charge is 0.472 e. The van der Waals surface area contributed by atoms with Gasteiger partial charge in [0.1, 0.15) is 0 Å². The van der Waals surface area contributed by atoms with Gasteiger partial charge in [0, 0.05) is 18.7 Å². The summed E-state index contributed by atoms with van der Waals surface area (Å²) in [6, 6.07) is 1.93. The van der Waals surface area contributed by atoms with Crippen LogP contribution in [0.25, 0.3) is 0 Å². The number of hydrogen-bond donors (Lipinski definition) is 1. The van der Waals surface area contributed by atoms with Gasteiger partial charge < -0.3 is 19.2 Å². The standard InChI is InChI=1S/C23H37NO3/c1-19-16-23(25,21-6-14-26-18-21)10-9-22(19)7-4-20(5-8-22)17-27-15-13-24-11-2-3-12-24/h6,14,18-20,25H,2-5,7-13,15-17H2,1H3. The fraction of sp³-hybridized carbons (Fsp3) is 0.826. The van der Waals surface area contributed by atoms with Crippen molar-refractivity contribution in [3.63, 3.8) is 0 Å². The summed E-state index contributed by atoms with van der Waals surface area (Å²) in [5.41, 5.74) is 0.708. The molecular formula is C23H37NO3. The van der Waals surface area contributed by atoms with E-state index in [0.29, 0.717) is 11.3 Å². The van der Waals surface area contributed by atoms with Crippen molar-refractivity contribution in [3.8, 4) is 0 Å². The molecule has 0 bridgehead atoms. The normalized spacial score (nSPS) is 37.9. The van der Waals surface area contributed by atoms with Gasteiger partial charge in [-0.1, -0.05) is 6.92 Å². The van der Waals surface area contributed by atoms with Crippen LogP contribution in [0.3, 0.4) is 0 Å². The van der Waals surface area contributed by atoms with Gasteiger partial charge in [0.05, 0.1) is 24.7 Å². The van der Waals surface area contributed by atoms with Crippen LogP contribution in [-0.4, -0.2) is 42.9 Å². The van der Waals surface area contributed by atoms with Crippen molar-refractivity contribution in [2.75, 3.05) is 32.8 Å². The molecule has 1 spiro atoms. The Labute approximate surface area is 164 Å². The SMILES string of the molecule is CC1CC(O)(c2ccoc2)CCC12CCC(COCCN1CCCC1)CC2. The predicted octanol–water partition coefficient (Wildman–Crippen LogP) is 4.58. The average Bonchev–Trinajstić information content (AvgIpc) is 3.38. The minimum atomic E-state index is -0.687. The maximum Gasteiger partial charge on any atom is 0.0963 e. The first-order valence-electron chi connectivity index (χ1n) is 11.1. The maximum atomic E-state index is 11.1. The van der Waals surface area contributed by atoms with Gasteiger partial charge in [-0.3, -0.25) is 0 Å². The smallest absolute Gasteiger partial charge is 0.0963 e. The maximum absolute atomic E-state index is 11.1. The van der Waals surface area contributed by atoms with Crippen molar-refractivity contribution < 1.29 is 14.3 Å². The summed E-state index contributed by atoms with van der Waals surface area (Å²) in [5, 5.41) is 11.1. The van der Waals surface area contributed by atoms with Gasteiger partial charge in [0.15, 0.2) is 0 Å². The molecule has 2 heterocycles. The number of hydrogen-bond acceptors (Lipinski definition) is 4. The first-order valence-corrected chi connectivity index (χ1v) is 11.1. The molecule has 1 aromatic heterocycles. The third-order valence-corrected chi connectivity index (χ3v) is 7.99.